The van der Waals surface area contributed by atoms with Crippen molar-refractivity contribution in [3.63, 3.8) is 0 Å². The Hall–Kier alpha value is -2.29. The lowest BCUT2D eigenvalue weighted by Crippen LogP contribution is -2.62. The first-order chi connectivity index (χ1) is 16.1. The van der Waals surface area contributed by atoms with Gasteiger partial charge in [-0.15, -0.1) is 0 Å². The first-order valence-corrected chi connectivity index (χ1v) is 10.7. The van der Waals surface area contributed by atoms with Gasteiger partial charge in [0, 0.05) is 5.57 Å². The fraction of sp³-hybridized carbons (Fsp3) is 0.591. The maximum Gasteiger partial charge on any atom is 0.333 e. The highest BCUT2D eigenvalue weighted by atomic mass is 16.8. The van der Waals surface area contributed by atoms with Gasteiger partial charge in [-0.05, 0) is 38.1 Å². The molecule has 0 saturated carbocycles. The molecule has 12 heteroatoms. The molecule has 3 rings (SSSR count). The van der Waals surface area contributed by atoms with Crippen molar-refractivity contribution < 1.29 is 59.1 Å². The highest BCUT2D eigenvalue weighted by molar-refractivity contribution is 5.87. The average Bonchev–Trinajstić information content (AvgIpc) is 3.11. The maximum absolute atomic E-state index is 11.9. The summed E-state index contributed by atoms with van der Waals surface area (Å²) in [6, 6.07) is 5.54. The van der Waals surface area contributed by atoms with Crippen LogP contribution in [0.15, 0.2) is 35.9 Å². The highest BCUT2D eigenvalue weighted by Gasteiger charge is 2.54. The first-order valence-electron chi connectivity index (χ1n) is 10.7. The predicted octanol–water partition coefficient (Wildman–Crippen LogP) is -1.45. The molecule has 2 aliphatic heterocycles. The lowest BCUT2D eigenvalue weighted by Gasteiger charge is -2.42. The normalized spacial score (nSPS) is 36.3. The summed E-state index contributed by atoms with van der Waals surface area (Å²) in [4.78, 5) is 11.9. The molecule has 190 valence electrons. The van der Waals surface area contributed by atoms with Crippen molar-refractivity contribution in [3.8, 4) is 11.5 Å². The summed E-state index contributed by atoms with van der Waals surface area (Å²) >= 11 is 0. The quantitative estimate of drug-likeness (QED) is 0.186. The fourth-order valence-electron chi connectivity index (χ4n) is 3.43. The number of allylic oxidation sites excluding steroid dienone is 1. The van der Waals surface area contributed by atoms with E-state index >= 15 is 0 Å². The molecule has 0 unspecified atom stereocenters. The van der Waals surface area contributed by atoms with Crippen LogP contribution in [-0.4, -0.2) is 105 Å². The number of phenolic OH excluding ortho intramolecular Hbond substituents is 1. The zero-order valence-corrected chi connectivity index (χ0v) is 18.7. The molecule has 1 aromatic carbocycles. The molecule has 12 nitrogen and oxygen atoms in total. The number of rotatable bonds is 8. The number of carbonyl (C=O) groups excluding carboxylic acids is 1. The highest BCUT2D eigenvalue weighted by Crippen LogP contribution is 2.32. The minimum absolute atomic E-state index is 0.0134. The van der Waals surface area contributed by atoms with Crippen molar-refractivity contribution in [1.29, 1.82) is 0 Å². The van der Waals surface area contributed by atoms with E-state index in [9.17, 15) is 35.4 Å². The van der Waals surface area contributed by atoms with Gasteiger partial charge in [-0.25, -0.2) is 4.79 Å². The zero-order chi connectivity index (χ0) is 25.0. The number of carbonyl (C=O) groups is 1. The van der Waals surface area contributed by atoms with Crippen molar-refractivity contribution in [2.24, 2.45) is 0 Å². The summed E-state index contributed by atoms with van der Waals surface area (Å²) < 4.78 is 27.2. The van der Waals surface area contributed by atoms with Crippen LogP contribution >= 0.6 is 0 Å². The van der Waals surface area contributed by atoms with Gasteiger partial charge >= 0.3 is 5.97 Å². The third-order valence-electron chi connectivity index (χ3n) is 5.72. The van der Waals surface area contributed by atoms with E-state index in [-0.39, 0.29) is 11.5 Å². The number of benzene rings is 1. The van der Waals surface area contributed by atoms with Crippen LogP contribution in [0, 0.1) is 0 Å². The second-order valence-electron chi connectivity index (χ2n) is 8.19. The van der Waals surface area contributed by atoms with Crippen molar-refractivity contribution in [2.75, 3.05) is 19.8 Å². The average molecular weight is 486 g/mol. The molecule has 2 aliphatic rings. The summed E-state index contributed by atoms with van der Waals surface area (Å²) in [5.41, 5.74) is -1.68. The number of aromatic hydroxyl groups is 1. The van der Waals surface area contributed by atoms with Crippen LogP contribution in [-0.2, 0) is 23.7 Å². The van der Waals surface area contributed by atoms with Gasteiger partial charge in [0.2, 0.25) is 6.29 Å². The molecule has 2 saturated heterocycles. The van der Waals surface area contributed by atoms with Gasteiger partial charge in [-0.1, -0.05) is 6.08 Å². The molecule has 0 aliphatic carbocycles. The van der Waals surface area contributed by atoms with Gasteiger partial charge in [0.1, 0.15) is 42.5 Å². The third kappa shape index (κ3) is 5.67. The summed E-state index contributed by atoms with van der Waals surface area (Å²) in [7, 11) is 0. The Kier molecular flexibility index (Phi) is 8.49. The Bertz CT molecular complexity index is 858. The number of aliphatic hydroxyl groups is 5. The van der Waals surface area contributed by atoms with Gasteiger partial charge in [0.15, 0.2) is 18.0 Å². The number of aliphatic hydroxyl groups excluding tert-OH is 4. The van der Waals surface area contributed by atoms with E-state index in [0.29, 0.717) is 5.57 Å². The topological polar surface area (TPSA) is 185 Å². The van der Waals surface area contributed by atoms with Crippen LogP contribution in [0.3, 0.4) is 0 Å². The van der Waals surface area contributed by atoms with E-state index in [1.54, 1.807) is 6.92 Å². The third-order valence-corrected chi connectivity index (χ3v) is 5.72. The molecule has 1 aromatic rings. The second-order valence-corrected chi connectivity index (χ2v) is 8.19. The largest absolute Gasteiger partial charge is 0.508 e. The molecule has 34 heavy (non-hydrogen) atoms. The van der Waals surface area contributed by atoms with Gasteiger partial charge in [-0.3, -0.25) is 0 Å². The van der Waals surface area contributed by atoms with E-state index in [1.807, 2.05) is 0 Å². The molecule has 0 aromatic heterocycles. The molecule has 6 N–H and O–H groups in total. The Labute approximate surface area is 195 Å². The van der Waals surface area contributed by atoms with Crippen molar-refractivity contribution in [2.45, 2.75) is 62.5 Å². The molecule has 0 radical (unpaired) electrons. The summed E-state index contributed by atoms with van der Waals surface area (Å²) in [5, 5.41) is 61.1. The predicted molar refractivity (Wildman–Crippen MR) is 112 cm³/mol. The zero-order valence-electron chi connectivity index (χ0n) is 18.7. The molecular weight excluding hydrogens is 456 g/mol. The number of hydrogen-bond donors (Lipinski definition) is 6. The second kappa shape index (κ2) is 11.0. The first kappa shape index (κ1) is 26.3. The van der Waals surface area contributed by atoms with Crippen LogP contribution in [0.2, 0.25) is 0 Å². The van der Waals surface area contributed by atoms with Crippen LogP contribution < -0.4 is 4.74 Å². The molecule has 2 heterocycles. The lowest BCUT2D eigenvalue weighted by atomic mass is 9.98. The monoisotopic (exact) mass is 486 g/mol. The van der Waals surface area contributed by atoms with Gasteiger partial charge < -0.3 is 54.3 Å². The summed E-state index contributed by atoms with van der Waals surface area (Å²) in [6.07, 6.45) is -8.86. The molecule has 0 bridgehead atoms. The molecule has 2 fully saturated rings. The maximum atomic E-state index is 11.9. The van der Waals surface area contributed by atoms with Crippen molar-refractivity contribution >= 4 is 5.97 Å². The van der Waals surface area contributed by atoms with Gasteiger partial charge in [0.05, 0.1) is 13.2 Å². The van der Waals surface area contributed by atoms with Crippen LogP contribution in [0.25, 0.3) is 0 Å². The number of esters is 1. The van der Waals surface area contributed by atoms with E-state index < -0.39 is 74.5 Å². The standard InChI is InChI=1S/C22H30O12/c1-3-11(2)19(28)30-9-22(29)10-31-21(18(22)27)34-17-16(26)15(25)14(8-23)33-20(17)32-13-6-4-12(24)5-7-13/h3-7,14-18,20-21,23-27,29H,8-10H2,1-2H3/b11-3+/t14-,15+,16-,17-,18+,20-,21+,22+/m0/s1. The van der Waals surface area contributed by atoms with Crippen LogP contribution in [0.1, 0.15) is 13.8 Å². The minimum atomic E-state index is -1.99. The Morgan fingerprint density at radius 1 is 1.18 bits per heavy atom. The van der Waals surface area contributed by atoms with Crippen LogP contribution in [0.4, 0.5) is 0 Å². The molecule has 8 atom stereocenters. The van der Waals surface area contributed by atoms with Crippen molar-refractivity contribution in [1.82, 2.24) is 0 Å². The lowest BCUT2D eigenvalue weighted by molar-refractivity contribution is -0.318. The van der Waals surface area contributed by atoms with Gasteiger partial charge in [-0.2, -0.15) is 0 Å². The Morgan fingerprint density at radius 2 is 1.85 bits per heavy atom. The number of ether oxygens (including phenoxy) is 5. The SMILES string of the molecule is C/C=C(\C)C(=O)OC[C@@]1(O)CO[C@H](O[C@@H]2[C@@H](Oc3ccc(O)cc3)O[C@@H](CO)[C@@H](O)[C@@H]2O)[C@H]1O. The van der Waals surface area contributed by atoms with E-state index in [0.717, 1.165) is 0 Å². The minimum Gasteiger partial charge on any atom is -0.508 e. The Morgan fingerprint density at radius 3 is 2.47 bits per heavy atom. The number of hydrogen-bond acceptors (Lipinski definition) is 12. The molecular formula is C22H30O12. The smallest absolute Gasteiger partial charge is 0.333 e. The summed E-state index contributed by atoms with van der Waals surface area (Å²) in [5.74, 6) is -0.475. The van der Waals surface area contributed by atoms with E-state index in [1.165, 1.54) is 37.3 Å². The van der Waals surface area contributed by atoms with Gasteiger partial charge in [0.25, 0.3) is 0 Å². The molecule has 0 spiro atoms. The van der Waals surface area contributed by atoms with Crippen molar-refractivity contribution in [3.05, 3.63) is 35.9 Å². The van der Waals surface area contributed by atoms with Crippen LogP contribution in [0.5, 0.6) is 11.5 Å². The summed E-state index contributed by atoms with van der Waals surface area (Å²) in [6.45, 7) is 1.52. The fourth-order valence-corrected chi connectivity index (χ4v) is 3.43. The number of phenols is 1. The molecule has 0 amide bonds. The van der Waals surface area contributed by atoms with E-state index in [4.69, 9.17) is 23.7 Å². The Balaban J connectivity index is 1.72. The van der Waals surface area contributed by atoms with E-state index in [2.05, 4.69) is 0 Å².